The smallest absolute Gasteiger partial charge is 0.234 e. The van der Waals surface area contributed by atoms with Crippen LogP contribution in [0, 0.1) is 5.41 Å². The summed E-state index contributed by atoms with van der Waals surface area (Å²) in [5, 5.41) is 2.50. The van der Waals surface area contributed by atoms with Gasteiger partial charge in [-0.15, -0.1) is 0 Å². The average Bonchev–Trinajstić information content (AvgIpc) is 2.39. The van der Waals surface area contributed by atoms with Crippen molar-refractivity contribution in [1.29, 1.82) is 0 Å². The van der Waals surface area contributed by atoms with Gasteiger partial charge in [0.25, 0.3) is 0 Å². The van der Waals surface area contributed by atoms with Gasteiger partial charge in [0.1, 0.15) is 0 Å². The lowest BCUT2D eigenvalue weighted by Gasteiger charge is -2.42. The summed E-state index contributed by atoms with van der Waals surface area (Å²) in [7, 11) is 0. The number of benzene rings is 1. The highest BCUT2D eigenvalue weighted by Gasteiger charge is 2.47. The van der Waals surface area contributed by atoms with Crippen molar-refractivity contribution in [3.63, 3.8) is 0 Å². The van der Waals surface area contributed by atoms with Crippen molar-refractivity contribution in [3.8, 4) is 0 Å². The maximum absolute atomic E-state index is 12.3. The second-order valence-corrected chi connectivity index (χ2v) is 5.40. The molecular weight excluding hydrogens is 238 g/mol. The maximum atomic E-state index is 12.3. The highest BCUT2D eigenvalue weighted by Crippen LogP contribution is 2.47. The number of rotatable bonds is 4. The summed E-state index contributed by atoms with van der Waals surface area (Å²) in [6, 6.07) is 9.82. The summed E-state index contributed by atoms with van der Waals surface area (Å²) in [5.74, 6) is -0.485. The van der Waals surface area contributed by atoms with Crippen molar-refractivity contribution < 1.29 is 9.59 Å². The molecule has 1 aliphatic heterocycles. The molecule has 0 bridgehead atoms. The van der Waals surface area contributed by atoms with Gasteiger partial charge in [-0.3, -0.25) is 14.9 Å². The van der Waals surface area contributed by atoms with Crippen molar-refractivity contribution in [2.75, 3.05) is 0 Å². The summed E-state index contributed by atoms with van der Waals surface area (Å²) in [6.45, 7) is 4.19. The number of hydrogen-bond donors (Lipinski definition) is 1. The van der Waals surface area contributed by atoms with Crippen LogP contribution in [0.5, 0.6) is 0 Å². The molecule has 2 amide bonds. The SMILES string of the molecule is CCCC1(CC)CC(=O)NC(=O)C1c1ccccc1. The van der Waals surface area contributed by atoms with Crippen LogP contribution < -0.4 is 5.32 Å². The molecule has 2 unspecified atom stereocenters. The minimum atomic E-state index is -0.227. The predicted octanol–water partition coefficient (Wildman–Crippen LogP) is 3.01. The standard InChI is InChI=1S/C16H21NO2/c1-3-10-16(4-2)11-13(18)17-15(19)14(16)12-8-6-5-7-9-12/h5-9,14H,3-4,10-11H2,1-2H3,(H,17,18,19). The quantitative estimate of drug-likeness (QED) is 0.845. The summed E-state index contributed by atoms with van der Waals surface area (Å²) >= 11 is 0. The molecule has 102 valence electrons. The van der Waals surface area contributed by atoms with Crippen LogP contribution in [-0.2, 0) is 9.59 Å². The minimum absolute atomic E-state index is 0.132. The van der Waals surface area contributed by atoms with E-state index in [-0.39, 0.29) is 23.1 Å². The number of piperidine rings is 1. The molecule has 1 saturated heterocycles. The Morgan fingerprint density at radius 1 is 1.21 bits per heavy atom. The molecule has 0 radical (unpaired) electrons. The van der Waals surface area contributed by atoms with Gasteiger partial charge in [-0.2, -0.15) is 0 Å². The molecule has 3 nitrogen and oxygen atoms in total. The Kier molecular flexibility index (Phi) is 4.03. The summed E-state index contributed by atoms with van der Waals surface area (Å²) in [4.78, 5) is 24.1. The third-order valence-electron chi connectivity index (χ3n) is 4.23. The summed E-state index contributed by atoms with van der Waals surface area (Å²) < 4.78 is 0. The van der Waals surface area contributed by atoms with Crippen LogP contribution in [0.1, 0.15) is 51.0 Å². The lowest BCUT2D eigenvalue weighted by molar-refractivity contribution is -0.140. The highest BCUT2D eigenvalue weighted by molar-refractivity contribution is 6.02. The first-order chi connectivity index (χ1) is 9.13. The number of nitrogens with one attached hydrogen (secondary N) is 1. The zero-order chi connectivity index (χ0) is 13.9. The van der Waals surface area contributed by atoms with Crippen LogP contribution in [0.4, 0.5) is 0 Å². The third-order valence-corrected chi connectivity index (χ3v) is 4.23. The Morgan fingerprint density at radius 2 is 1.89 bits per heavy atom. The van der Waals surface area contributed by atoms with Crippen LogP contribution in [0.2, 0.25) is 0 Å². The zero-order valence-electron chi connectivity index (χ0n) is 11.6. The van der Waals surface area contributed by atoms with E-state index in [4.69, 9.17) is 0 Å². The topological polar surface area (TPSA) is 46.2 Å². The Bertz CT molecular complexity index is 469. The van der Waals surface area contributed by atoms with E-state index in [1.807, 2.05) is 30.3 Å². The van der Waals surface area contributed by atoms with Crippen LogP contribution >= 0.6 is 0 Å². The molecule has 19 heavy (non-hydrogen) atoms. The first kappa shape index (κ1) is 13.8. The van der Waals surface area contributed by atoms with Crippen molar-refractivity contribution in [1.82, 2.24) is 5.32 Å². The molecule has 0 aliphatic carbocycles. The van der Waals surface area contributed by atoms with Crippen molar-refractivity contribution >= 4 is 11.8 Å². The molecule has 0 aromatic heterocycles. The Hall–Kier alpha value is -1.64. The second kappa shape index (κ2) is 5.55. The van der Waals surface area contributed by atoms with Gasteiger partial charge in [0.05, 0.1) is 5.92 Å². The molecule has 1 fully saturated rings. The average molecular weight is 259 g/mol. The molecule has 2 rings (SSSR count). The minimum Gasteiger partial charge on any atom is -0.296 e. The molecule has 0 spiro atoms. The van der Waals surface area contributed by atoms with Gasteiger partial charge in [-0.1, -0.05) is 50.6 Å². The predicted molar refractivity (Wildman–Crippen MR) is 74.6 cm³/mol. The Balaban J connectivity index is 2.45. The number of carbonyl (C=O) groups is 2. The third kappa shape index (κ3) is 2.55. The van der Waals surface area contributed by atoms with Gasteiger partial charge in [0.2, 0.25) is 11.8 Å². The lowest BCUT2D eigenvalue weighted by Crippen LogP contribution is -2.50. The number of hydrogen-bond acceptors (Lipinski definition) is 2. The number of amides is 2. The fourth-order valence-corrected chi connectivity index (χ4v) is 3.34. The van der Waals surface area contributed by atoms with E-state index in [1.165, 1.54) is 0 Å². The normalized spacial score (nSPS) is 27.2. The highest BCUT2D eigenvalue weighted by atomic mass is 16.2. The monoisotopic (exact) mass is 259 g/mol. The van der Waals surface area contributed by atoms with Gasteiger partial charge in [0, 0.05) is 6.42 Å². The molecular formula is C16H21NO2. The van der Waals surface area contributed by atoms with Gasteiger partial charge in [0.15, 0.2) is 0 Å². The van der Waals surface area contributed by atoms with Crippen LogP contribution in [0.3, 0.4) is 0 Å². The van der Waals surface area contributed by atoms with E-state index < -0.39 is 0 Å². The van der Waals surface area contributed by atoms with Crippen molar-refractivity contribution in [2.45, 2.75) is 45.4 Å². The van der Waals surface area contributed by atoms with Gasteiger partial charge < -0.3 is 0 Å². The van der Waals surface area contributed by atoms with Gasteiger partial charge in [-0.25, -0.2) is 0 Å². The molecule has 1 aromatic rings. The van der Waals surface area contributed by atoms with E-state index in [0.29, 0.717) is 6.42 Å². The van der Waals surface area contributed by atoms with Crippen molar-refractivity contribution in [2.24, 2.45) is 5.41 Å². The van der Waals surface area contributed by atoms with E-state index in [9.17, 15) is 9.59 Å². The molecule has 1 aliphatic rings. The Labute approximate surface area is 114 Å². The van der Waals surface area contributed by atoms with E-state index in [0.717, 1.165) is 24.8 Å². The molecule has 1 N–H and O–H groups in total. The zero-order valence-corrected chi connectivity index (χ0v) is 11.6. The number of carbonyl (C=O) groups excluding carboxylic acids is 2. The van der Waals surface area contributed by atoms with Crippen LogP contribution in [0.25, 0.3) is 0 Å². The van der Waals surface area contributed by atoms with E-state index in [1.54, 1.807) is 0 Å². The molecule has 0 saturated carbocycles. The molecule has 1 aromatic carbocycles. The summed E-state index contributed by atoms with van der Waals surface area (Å²) in [6.07, 6.45) is 3.18. The first-order valence-corrected chi connectivity index (χ1v) is 7.01. The van der Waals surface area contributed by atoms with Crippen LogP contribution in [-0.4, -0.2) is 11.8 Å². The summed E-state index contributed by atoms with van der Waals surface area (Å²) in [5.41, 5.74) is 0.790. The first-order valence-electron chi connectivity index (χ1n) is 7.01. The second-order valence-electron chi connectivity index (χ2n) is 5.40. The van der Waals surface area contributed by atoms with Crippen molar-refractivity contribution in [3.05, 3.63) is 35.9 Å². The maximum Gasteiger partial charge on any atom is 0.234 e. The van der Waals surface area contributed by atoms with Gasteiger partial charge >= 0.3 is 0 Å². The largest absolute Gasteiger partial charge is 0.296 e. The number of imide groups is 1. The molecule has 1 heterocycles. The Morgan fingerprint density at radius 3 is 2.47 bits per heavy atom. The fourth-order valence-electron chi connectivity index (χ4n) is 3.34. The molecule has 3 heteroatoms. The van der Waals surface area contributed by atoms with E-state index in [2.05, 4.69) is 19.2 Å². The van der Waals surface area contributed by atoms with E-state index >= 15 is 0 Å². The fraction of sp³-hybridized carbons (Fsp3) is 0.500. The van der Waals surface area contributed by atoms with Crippen LogP contribution in [0.15, 0.2) is 30.3 Å². The van der Waals surface area contributed by atoms with Gasteiger partial charge in [-0.05, 0) is 23.8 Å². The lowest BCUT2D eigenvalue weighted by atomic mass is 9.63. The molecule has 2 atom stereocenters.